The van der Waals surface area contributed by atoms with Crippen LogP contribution in [0.25, 0.3) is 0 Å². The number of nitrogens with one attached hydrogen (secondary N) is 1. The topological polar surface area (TPSA) is 51.1 Å². The molecule has 0 amide bonds. The SMILES string of the molecule is Cc1ccc(C(=O)c2ccc(=O)n3c2NCC3)cc1. The van der Waals surface area contributed by atoms with E-state index in [2.05, 4.69) is 5.32 Å². The third-order valence-electron chi connectivity index (χ3n) is 3.37. The molecule has 0 radical (unpaired) electrons. The number of hydrogen-bond acceptors (Lipinski definition) is 3. The summed E-state index contributed by atoms with van der Waals surface area (Å²) in [6.07, 6.45) is 0. The maximum Gasteiger partial charge on any atom is 0.252 e. The maximum atomic E-state index is 12.5. The monoisotopic (exact) mass is 254 g/mol. The highest BCUT2D eigenvalue weighted by Crippen LogP contribution is 2.21. The molecule has 2 heterocycles. The Kier molecular flexibility index (Phi) is 2.71. The predicted octanol–water partition coefficient (Wildman–Crippen LogP) is 1.81. The molecule has 4 nitrogen and oxygen atoms in total. The minimum Gasteiger partial charge on any atom is -0.369 e. The Bertz CT molecular complexity index is 699. The molecule has 1 aromatic carbocycles. The van der Waals surface area contributed by atoms with Crippen molar-refractivity contribution < 1.29 is 4.79 Å². The highest BCUT2D eigenvalue weighted by molar-refractivity contribution is 6.12. The lowest BCUT2D eigenvalue weighted by Gasteiger charge is -2.08. The summed E-state index contributed by atoms with van der Waals surface area (Å²) in [4.78, 5) is 24.2. The maximum absolute atomic E-state index is 12.5. The van der Waals surface area contributed by atoms with Gasteiger partial charge in [-0.3, -0.25) is 14.2 Å². The fraction of sp³-hybridized carbons (Fsp3) is 0.200. The van der Waals surface area contributed by atoms with Gasteiger partial charge in [0.1, 0.15) is 5.82 Å². The minimum absolute atomic E-state index is 0.0573. The number of carbonyl (C=O) groups excluding carboxylic acids is 1. The molecule has 0 unspecified atom stereocenters. The van der Waals surface area contributed by atoms with Crippen LogP contribution in [-0.4, -0.2) is 16.9 Å². The van der Waals surface area contributed by atoms with Crippen LogP contribution in [0.1, 0.15) is 21.5 Å². The molecule has 1 aromatic heterocycles. The Morgan fingerprint density at radius 3 is 2.63 bits per heavy atom. The van der Waals surface area contributed by atoms with E-state index >= 15 is 0 Å². The number of aromatic nitrogens is 1. The zero-order chi connectivity index (χ0) is 13.4. The van der Waals surface area contributed by atoms with Crippen LogP contribution < -0.4 is 10.9 Å². The van der Waals surface area contributed by atoms with Crippen LogP contribution in [0.4, 0.5) is 5.82 Å². The molecule has 0 bridgehead atoms. The van der Waals surface area contributed by atoms with Gasteiger partial charge in [-0.15, -0.1) is 0 Å². The van der Waals surface area contributed by atoms with Crippen LogP contribution in [0.5, 0.6) is 0 Å². The van der Waals surface area contributed by atoms with Gasteiger partial charge in [0, 0.05) is 24.7 Å². The van der Waals surface area contributed by atoms with Crippen molar-refractivity contribution in [3.63, 3.8) is 0 Å². The van der Waals surface area contributed by atoms with Gasteiger partial charge in [-0.2, -0.15) is 0 Å². The van der Waals surface area contributed by atoms with E-state index in [0.717, 1.165) is 5.56 Å². The summed E-state index contributed by atoms with van der Waals surface area (Å²) < 4.78 is 1.61. The van der Waals surface area contributed by atoms with Crippen LogP contribution in [0.2, 0.25) is 0 Å². The molecule has 0 spiro atoms. The Morgan fingerprint density at radius 2 is 1.89 bits per heavy atom. The normalized spacial score (nSPS) is 12.9. The van der Waals surface area contributed by atoms with Gasteiger partial charge >= 0.3 is 0 Å². The van der Waals surface area contributed by atoms with E-state index in [0.29, 0.717) is 30.0 Å². The number of carbonyl (C=O) groups is 1. The standard InChI is InChI=1S/C15H14N2O2/c1-10-2-4-11(5-3-10)14(19)12-6-7-13(18)17-9-8-16-15(12)17/h2-7,16H,8-9H2,1H3. The summed E-state index contributed by atoms with van der Waals surface area (Å²) in [6.45, 7) is 3.28. The lowest BCUT2D eigenvalue weighted by atomic mass is 10.0. The molecule has 4 heteroatoms. The molecule has 0 atom stereocenters. The predicted molar refractivity (Wildman–Crippen MR) is 73.8 cm³/mol. The molecule has 0 saturated heterocycles. The third-order valence-corrected chi connectivity index (χ3v) is 3.37. The average Bonchev–Trinajstić information content (AvgIpc) is 2.89. The quantitative estimate of drug-likeness (QED) is 0.832. The van der Waals surface area contributed by atoms with Crippen LogP contribution in [-0.2, 0) is 6.54 Å². The first-order valence-corrected chi connectivity index (χ1v) is 6.26. The highest BCUT2D eigenvalue weighted by atomic mass is 16.1. The third kappa shape index (κ3) is 1.95. The lowest BCUT2D eigenvalue weighted by Crippen LogP contribution is -2.19. The Balaban J connectivity index is 2.08. The molecule has 0 aliphatic carbocycles. The van der Waals surface area contributed by atoms with Gasteiger partial charge in [-0.05, 0) is 13.0 Å². The minimum atomic E-state index is -0.0690. The second-order valence-electron chi connectivity index (χ2n) is 4.71. The number of fused-ring (bicyclic) bond motifs is 1. The first-order valence-electron chi connectivity index (χ1n) is 6.26. The Labute approximate surface area is 110 Å². The van der Waals surface area contributed by atoms with Crippen LogP contribution in [0.3, 0.4) is 0 Å². The molecular formula is C15H14N2O2. The molecule has 1 aliphatic heterocycles. The van der Waals surface area contributed by atoms with E-state index in [4.69, 9.17) is 0 Å². The summed E-state index contributed by atoms with van der Waals surface area (Å²) in [5, 5.41) is 3.11. The molecule has 3 rings (SSSR count). The van der Waals surface area contributed by atoms with Gasteiger partial charge in [0.2, 0.25) is 0 Å². The van der Waals surface area contributed by atoms with Crippen molar-refractivity contribution in [1.82, 2.24) is 4.57 Å². The van der Waals surface area contributed by atoms with Gasteiger partial charge in [0.15, 0.2) is 5.78 Å². The average molecular weight is 254 g/mol. The number of hydrogen-bond donors (Lipinski definition) is 1. The zero-order valence-electron chi connectivity index (χ0n) is 10.6. The van der Waals surface area contributed by atoms with Gasteiger partial charge in [-0.1, -0.05) is 29.8 Å². The molecule has 1 N–H and O–H groups in total. The van der Waals surface area contributed by atoms with E-state index < -0.39 is 0 Å². The lowest BCUT2D eigenvalue weighted by molar-refractivity contribution is 0.103. The van der Waals surface area contributed by atoms with Gasteiger partial charge in [-0.25, -0.2) is 0 Å². The van der Waals surface area contributed by atoms with Crippen LogP contribution in [0, 0.1) is 6.92 Å². The van der Waals surface area contributed by atoms with Crippen LogP contribution in [0.15, 0.2) is 41.2 Å². The summed E-state index contributed by atoms with van der Waals surface area (Å²) in [7, 11) is 0. The van der Waals surface area contributed by atoms with E-state index in [1.54, 1.807) is 10.6 Å². The molecule has 96 valence electrons. The second-order valence-corrected chi connectivity index (χ2v) is 4.71. The molecule has 2 aromatic rings. The smallest absolute Gasteiger partial charge is 0.252 e. The van der Waals surface area contributed by atoms with Crippen LogP contribution >= 0.6 is 0 Å². The van der Waals surface area contributed by atoms with Crippen molar-refractivity contribution in [1.29, 1.82) is 0 Å². The number of rotatable bonds is 2. The largest absolute Gasteiger partial charge is 0.369 e. The number of pyridine rings is 1. The van der Waals surface area contributed by atoms with Crippen molar-refractivity contribution in [2.24, 2.45) is 0 Å². The summed E-state index contributed by atoms with van der Waals surface area (Å²) >= 11 is 0. The summed E-state index contributed by atoms with van der Waals surface area (Å²) in [6, 6.07) is 10.5. The number of aryl methyl sites for hydroxylation is 1. The van der Waals surface area contributed by atoms with Crippen molar-refractivity contribution >= 4 is 11.6 Å². The van der Waals surface area contributed by atoms with Crippen molar-refractivity contribution in [2.45, 2.75) is 13.5 Å². The van der Waals surface area contributed by atoms with Gasteiger partial charge in [0.05, 0.1) is 5.56 Å². The van der Waals surface area contributed by atoms with Gasteiger partial charge < -0.3 is 5.32 Å². The zero-order valence-corrected chi connectivity index (χ0v) is 10.6. The fourth-order valence-corrected chi connectivity index (χ4v) is 2.32. The summed E-state index contributed by atoms with van der Waals surface area (Å²) in [5.74, 6) is 0.580. The second kappa shape index (κ2) is 4.39. The molecule has 19 heavy (non-hydrogen) atoms. The van der Waals surface area contributed by atoms with Crippen molar-refractivity contribution in [2.75, 3.05) is 11.9 Å². The number of anilines is 1. The number of benzene rings is 1. The van der Waals surface area contributed by atoms with E-state index in [1.165, 1.54) is 6.07 Å². The first kappa shape index (κ1) is 11.7. The molecule has 0 fully saturated rings. The van der Waals surface area contributed by atoms with Crippen molar-refractivity contribution in [3.05, 3.63) is 63.4 Å². The van der Waals surface area contributed by atoms with Gasteiger partial charge in [0.25, 0.3) is 5.56 Å². The first-order chi connectivity index (χ1) is 9.16. The van der Waals surface area contributed by atoms with E-state index in [1.807, 2.05) is 31.2 Å². The molecule has 1 aliphatic rings. The Morgan fingerprint density at radius 1 is 1.16 bits per heavy atom. The van der Waals surface area contributed by atoms with E-state index in [9.17, 15) is 9.59 Å². The highest BCUT2D eigenvalue weighted by Gasteiger charge is 2.20. The Hall–Kier alpha value is -2.36. The molecular weight excluding hydrogens is 240 g/mol. The van der Waals surface area contributed by atoms with E-state index in [-0.39, 0.29) is 11.3 Å². The fourth-order valence-electron chi connectivity index (χ4n) is 2.32. The van der Waals surface area contributed by atoms with Crippen molar-refractivity contribution in [3.8, 4) is 0 Å². The summed E-state index contributed by atoms with van der Waals surface area (Å²) in [5.41, 5.74) is 2.24. The molecule has 0 saturated carbocycles. The number of nitrogens with zero attached hydrogens (tertiary/aromatic N) is 1. The number of ketones is 1.